The Morgan fingerprint density at radius 3 is 2.38 bits per heavy atom. The molecule has 7 rings (SSSR count). The van der Waals surface area contributed by atoms with Gasteiger partial charge in [0.15, 0.2) is 23.0 Å². The van der Waals surface area contributed by atoms with Gasteiger partial charge in [0.25, 0.3) is 0 Å². The molecule has 4 heterocycles. The monoisotopic (exact) mass is 530 g/mol. The Bertz CT molecular complexity index is 1890. The fourth-order valence-corrected chi connectivity index (χ4v) is 5.43. The van der Waals surface area contributed by atoms with E-state index < -0.39 is 0 Å². The Morgan fingerprint density at radius 2 is 1.60 bits per heavy atom. The van der Waals surface area contributed by atoms with E-state index in [0.717, 1.165) is 39.2 Å². The summed E-state index contributed by atoms with van der Waals surface area (Å²) in [5.74, 6) is 2.68. The predicted octanol–water partition coefficient (Wildman–Crippen LogP) is 5.90. The maximum Gasteiger partial charge on any atom is 0.230 e. The first-order chi connectivity index (χ1) is 19.6. The van der Waals surface area contributed by atoms with Gasteiger partial charge < -0.3 is 14.2 Å². The molecule has 0 unspecified atom stereocenters. The number of methoxy groups -OCH3 is 2. The lowest BCUT2D eigenvalue weighted by Gasteiger charge is -2.26. The lowest BCUT2D eigenvalue weighted by atomic mass is 9.84. The number of hydrogen-bond acceptors (Lipinski definition) is 7. The van der Waals surface area contributed by atoms with E-state index in [2.05, 4.69) is 13.0 Å². The van der Waals surface area contributed by atoms with Crippen molar-refractivity contribution >= 4 is 5.65 Å². The molecule has 40 heavy (non-hydrogen) atoms. The van der Waals surface area contributed by atoms with Crippen LogP contribution in [0.2, 0.25) is 0 Å². The molecule has 0 radical (unpaired) electrons. The minimum Gasteiger partial charge on any atom is -0.493 e. The normalized spacial score (nSPS) is 13.9. The summed E-state index contributed by atoms with van der Waals surface area (Å²) < 4.78 is 21.3. The van der Waals surface area contributed by atoms with Crippen molar-refractivity contribution in [3.05, 3.63) is 107 Å². The number of aromatic nitrogens is 6. The smallest absolute Gasteiger partial charge is 0.230 e. The van der Waals surface area contributed by atoms with E-state index in [0.29, 0.717) is 34.7 Å². The number of para-hydroxylation sites is 1. The van der Waals surface area contributed by atoms with Crippen LogP contribution in [0.4, 0.5) is 0 Å². The molecule has 0 N–H and O–H groups in total. The highest BCUT2D eigenvalue weighted by molar-refractivity contribution is 5.70. The Morgan fingerprint density at radius 1 is 0.825 bits per heavy atom. The first-order valence-corrected chi connectivity index (χ1v) is 12.9. The van der Waals surface area contributed by atoms with Crippen LogP contribution >= 0.6 is 0 Å². The lowest BCUT2D eigenvalue weighted by molar-refractivity contribution is 0.354. The topological polar surface area (TPSA) is 88.6 Å². The predicted molar refractivity (Wildman–Crippen MR) is 150 cm³/mol. The van der Waals surface area contributed by atoms with Crippen molar-refractivity contribution in [1.29, 1.82) is 0 Å². The van der Waals surface area contributed by atoms with E-state index in [4.69, 9.17) is 34.4 Å². The second kappa shape index (κ2) is 9.23. The zero-order chi connectivity index (χ0) is 27.4. The molecule has 198 valence electrons. The first kappa shape index (κ1) is 23.9. The SMILES string of the molecule is COc1ccc([C@@H]2c3c(C)nn(-c4ccccc4)c3Oc3ncn4nc(-c5ccccc5C)nc4c32)cc1OC. The van der Waals surface area contributed by atoms with Gasteiger partial charge in [0.1, 0.15) is 6.33 Å². The molecule has 0 saturated heterocycles. The Balaban J connectivity index is 1.51. The number of ether oxygens (including phenoxy) is 3. The molecule has 9 heteroatoms. The number of fused-ring (bicyclic) bond motifs is 4. The second-order valence-corrected chi connectivity index (χ2v) is 9.68. The number of hydrogen-bond donors (Lipinski definition) is 0. The molecule has 0 amide bonds. The lowest BCUT2D eigenvalue weighted by Crippen LogP contribution is -2.16. The number of nitrogens with zero attached hydrogens (tertiary/aromatic N) is 6. The summed E-state index contributed by atoms with van der Waals surface area (Å²) >= 11 is 0. The van der Waals surface area contributed by atoms with Gasteiger partial charge in [-0.3, -0.25) is 0 Å². The summed E-state index contributed by atoms with van der Waals surface area (Å²) in [6, 6.07) is 24.0. The number of aryl methyl sites for hydroxylation is 2. The molecule has 1 atom stereocenters. The van der Waals surface area contributed by atoms with Crippen molar-refractivity contribution in [2.75, 3.05) is 14.2 Å². The molecule has 1 aliphatic rings. The first-order valence-electron chi connectivity index (χ1n) is 12.9. The van der Waals surface area contributed by atoms with Crippen molar-refractivity contribution in [3.63, 3.8) is 0 Å². The molecular weight excluding hydrogens is 504 g/mol. The minimum absolute atomic E-state index is 0.305. The molecule has 6 aromatic rings. The van der Waals surface area contributed by atoms with E-state index in [-0.39, 0.29) is 5.92 Å². The van der Waals surface area contributed by atoms with Crippen LogP contribution in [0, 0.1) is 13.8 Å². The molecule has 0 bridgehead atoms. The van der Waals surface area contributed by atoms with Crippen molar-refractivity contribution in [2.45, 2.75) is 19.8 Å². The zero-order valence-corrected chi connectivity index (χ0v) is 22.5. The van der Waals surface area contributed by atoms with Crippen LogP contribution < -0.4 is 14.2 Å². The van der Waals surface area contributed by atoms with Crippen LogP contribution in [0.1, 0.15) is 33.9 Å². The van der Waals surface area contributed by atoms with E-state index in [1.807, 2.05) is 78.3 Å². The van der Waals surface area contributed by atoms with Crippen LogP contribution in [0.25, 0.3) is 22.7 Å². The molecule has 9 nitrogen and oxygen atoms in total. The quantitative estimate of drug-likeness (QED) is 0.274. The van der Waals surface area contributed by atoms with E-state index in [1.54, 1.807) is 25.1 Å². The Kier molecular flexibility index (Phi) is 5.52. The van der Waals surface area contributed by atoms with Gasteiger partial charge >= 0.3 is 0 Å². The summed E-state index contributed by atoms with van der Waals surface area (Å²) in [6.07, 6.45) is 1.65. The van der Waals surface area contributed by atoms with Gasteiger partial charge in [0.05, 0.1) is 42.6 Å². The van der Waals surface area contributed by atoms with E-state index in [9.17, 15) is 0 Å². The molecule has 0 fully saturated rings. The van der Waals surface area contributed by atoms with Crippen LogP contribution in [-0.2, 0) is 0 Å². The minimum atomic E-state index is -0.305. The van der Waals surface area contributed by atoms with Crippen molar-refractivity contribution in [2.24, 2.45) is 0 Å². The van der Waals surface area contributed by atoms with Gasteiger partial charge in [0, 0.05) is 5.56 Å². The summed E-state index contributed by atoms with van der Waals surface area (Å²) in [7, 11) is 3.26. The van der Waals surface area contributed by atoms with Crippen molar-refractivity contribution in [3.8, 4) is 40.3 Å². The summed E-state index contributed by atoms with van der Waals surface area (Å²) in [6.45, 7) is 4.05. The summed E-state index contributed by atoms with van der Waals surface area (Å²) in [5, 5.41) is 9.70. The standard InChI is InChI=1S/C31H26N6O3/c1-18-10-8-9-13-22(18)28-33-29-27-26(20-14-15-23(38-3)24(16-20)39-4)25-19(2)34-37(21-11-6-5-7-12-21)31(25)40-30(27)32-17-36(29)35-28/h5-17,26H,1-4H3/t26-/m1/s1. The van der Waals surface area contributed by atoms with Gasteiger partial charge in [-0.2, -0.15) is 5.10 Å². The fraction of sp³-hybridized carbons (Fsp3) is 0.161. The Hall–Kier alpha value is -5.18. The van der Waals surface area contributed by atoms with Gasteiger partial charge in [0.2, 0.25) is 11.8 Å². The molecule has 3 aromatic heterocycles. The largest absolute Gasteiger partial charge is 0.493 e. The summed E-state index contributed by atoms with van der Waals surface area (Å²) in [5.41, 5.74) is 7.17. The highest BCUT2D eigenvalue weighted by Gasteiger charge is 2.38. The molecule has 0 saturated carbocycles. The zero-order valence-electron chi connectivity index (χ0n) is 22.5. The second-order valence-electron chi connectivity index (χ2n) is 9.68. The van der Waals surface area contributed by atoms with Gasteiger partial charge in [-0.25, -0.2) is 19.2 Å². The molecular formula is C31H26N6O3. The highest BCUT2D eigenvalue weighted by atomic mass is 16.5. The molecule has 1 aliphatic heterocycles. The highest BCUT2D eigenvalue weighted by Crippen LogP contribution is 2.50. The fourth-order valence-electron chi connectivity index (χ4n) is 5.43. The third kappa shape index (κ3) is 3.62. The molecule has 3 aromatic carbocycles. The average Bonchev–Trinajstić information content (AvgIpc) is 3.57. The average molecular weight is 531 g/mol. The molecule has 0 spiro atoms. The van der Waals surface area contributed by atoms with Crippen molar-refractivity contribution < 1.29 is 14.2 Å². The number of benzene rings is 3. The number of rotatable bonds is 5. The third-order valence-corrected chi connectivity index (χ3v) is 7.35. The van der Waals surface area contributed by atoms with Gasteiger partial charge in [-0.1, -0.05) is 48.5 Å². The molecule has 0 aliphatic carbocycles. The van der Waals surface area contributed by atoms with Crippen LogP contribution in [0.5, 0.6) is 23.3 Å². The van der Waals surface area contributed by atoms with Gasteiger partial charge in [-0.05, 0) is 49.2 Å². The van der Waals surface area contributed by atoms with Crippen LogP contribution in [-0.4, -0.2) is 43.6 Å². The maximum absolute atomic E-state index is 6.54. The van der Waals surface area contributed by atoms with Crippen molar-refractivity contribution in [1.82, 2.24) is 29.4 Å². The summed E-state index contributed by atoms with van der Waals surface area (Å²) in [4.78, 5) is 9.74. The van der Waals surface area contributed by atoms with Gasteiger partial charge in [-0.15, -0.1) is 5.10 Å². The Labute approximate surface area is 230 Å². The third-order valence-electron chi connectivity index (χ3n) is 7.35. The van der Waals surface area contributed by atoms with E-state index >= 15 is 0 Å². The van der Waals surface area contributed by atoms with E-state index in [1.165, 1.54) is 0 Å². The van der Waals surface area contributed by atoms with Crippen LogP contribution in [0.15, 0.2) is 79.1 Å². The van der Waals surface area contributed by atoms with Crippen LogP contribution in [0.3, 0.4) is 0 Å². The maximum atomic E-state index is 6.54.